The number of nitrogens with zero attached hydrogens (tertiary/aromatic N) is 3. The minimum atomic E-state index is 0.708. The molecule has 0 fully saturated rings. The normalized spacial score (nSPS) is 11.1. The van der Waals surface area contributed by atoms with E-state index in [-0.39, 0.29) is 0 Å². The van der Waals surface area contributed by atoms with Crippen LogP contribution in [0.3, 0.4) is 0 Å². The van der Waals surface area contributed by atoms with Gasteiger partial charge in [-0.2, -0.15) is 5.10 Å². The van der Waals surface area contributed by atoms with Crippen molar-refractivity contribution in [3.8, 4) is 0 Å². The fourth-order valence-electron chi connectivity index (χ4n) is 1.59. The zero-order valence-electron chi connectivity index (χ0n) is 9.20. The Morgan fingerprint density at radius 2 is 2.20 bits per heavy atom. The maximum absolute atomic E-state index is 5.47. The molecule has 0 spiro atoms. The predicted molar refractivity (Wildman–Crippen MR) is 59.8 cm³/mol. The molecule has 4 nitrogen and oxygen atoms in total. The maximum Gasteiger partial charge on any atom is 0.155 e. The lowest BCUT2D eigenvalue weighted by molar-refractivity contribution is 0.778. The van der Waals surface area contributed by atoms with Crippen molar-refractivity contribution in [3.05, 3.63) is 29.2 Å². The summed E-state index contributed by atoms with van der Waals surface area (Å²) < 4.78 is 1.90. The first-order valence-corrected chi connectivity index (χ1v) is 5.23. The first-order chi connectivity index (χ1) is 7.22. The number of aromatic nitrogens is 3. The van der Waals surface area contributed by atoms with E-state index in [2.05, 4.69) is 17.0 Å². The molecule has 2 rings (SSSR count). The molecule has 0 saturated carbocycles. The summed E-state index contributed by atoms with van der Waals surface area (Å²) in [7, 11) is 0. The van der Waals surface area contributed by atoms with Crippen LogP contribution in [-0.2, 0) is 6.42 Å². The SMILES string of the molecule is Cc1cnc2cc(CCCN)nn2c1C. The third-order valence-corrected chi connectivity index (χ3v) is 2.66. The van der Waals surface area contributed by atoms with Gasteiger partial charge in [-0.05, 0) is 38.8 Å². The van der Waals surface area contributed by atoms with Crippen LogP contribution in [0, 0.1) is 13.8 Å². The second-order valence-electron chi connectivity index (χ2n) is 3.82. The molecule has 15 heavy (non-hydrogen) atoms. The molecule has 0 aliphatic carbocycles. The molecule has 0 radical (unpaired) electrons. The summed E-state index contributed by atoms with van der Waals surface area (Å²) in [4.78, 5) is 4.34. The van der Waals surface area contributed by atoms with E-state index in [0.29, 0.717) is 6.54 Å². The number of fused-ring (bicyclic) bond motifs is 1. The molecular weight excluding hydrogens is 188 g/mol. The first kappa shape index (κ1) is 10.1. The summed E-state index contributed by atoms with van der Waals surface area (Å²) in [6.07, 6.45) is 3.79. The van der Waals surface area contributed by atoms with Crippen LogP contribution in [0.4, 0.5) is 0 Å². The van der Waals surface area contributed by atoms with E-state index in [1.54, 1.807) is 0 Å². The van der Waals surface area contributed by atoms with E-state index >= 15 is 0 Å². The number of aryl methyl sites for hydroxylation is 3. The highest BCUT2D eigenvalue weighted by molar-refractivity contribution is 5.41. The fraction of sp³-hybridized carbons (Fsp3) is 0.455. The molecule has 0 aliphatic rings. The number of nitrogens with two attached hydrogens (primary N) is 1. The minimum absolute atomic E-state index is 0.708. The topological polar surface area (TPSA) is 56.2 Å². The van der Waals surface area contributed by atoms with Crippen LogP contribution in [0.15, 0.2) is 12.3 Å². The van der Waals surface area contributed by atoms with Gasteiger partial charge < -0.3 is 5.73 Å². The van der Waals surface area contributed by atoms with Gasteiger partial charge in [0.25, 0.3) is 0 Å². The van der Waals surface area contributed by atoms with Crippen molar-refractivity contribution in [1.82, 2.24) is 14.6 Å². The molecule has 0 atom stereocenters. The van der Waals surface area contributed by atoms with Crippen LogP contribution in [0.2, 0.25) is 0 Å². The van der Waals surface area contributed by atoms with Gasteiger partial charge in [-0.15, -0.1) is 0 Å². The molecule has 2 heterocycles. The molecular formula is C11H16N4. The maximum atomic E-state index is 5.47. The Labute approximate surface area is 89.1 Å². The van der Waals surface area contributed by atoms with Crippen LogP contribution >= 0.6 is 0 Å². The second-order valence-corrected chi connectivity index (χ2v) is 3.82. The summed E-state index contributed by atoms with van der Waals surface area (Å²) in [6, 6.07) is 2.03. The molecule has 2 aromatic rings. The summed E-state index contributed by atoms with van der Waals surface area (Å²) >= 11 is 0. The van der Waals surface area contributed by atoms with Crippen molar-refractivity contribution in [2.75, 3.05) is 6.54 Å². The van der Waals surface area contributed by atoms with Gasteiger partial charge in [0, 0.05) is 18.0 Å². The quantitative estimate of drug-likeness (QED) is 0.818. The summed E-state index contributed by atoms with van der Waals surface area (Å²) in [6.45, 7) is 4.81. The third kappa shape index (κ3) is 1.85. The second kappa shape index (κ2) is 3.98. The Morgan fingerprint density at radius 3 is 2.93 bits per heavy atom. The Hall–Kier alpha value is -1.42. The highest BCUT2D eigenvalue weighted by Gasteiger charge is 2.05. The van der Waals surface area contributed by atoms with Crippen LogP contribution in [0.5, 0.6) is 0 Å². The zero-order chi connectivity index (χ0) is 10.8. The van der Waals surface area contributed by atoms with E-state index in [1.165, 1.54) is 0 Å². The lowest BCUT2D eigenvalue weighted by atomic mass is 10.2. The van der Waals surface area contributed by atoms with Crippen molar-refractivity contribution in [3.63, 3.8) is 0 Å². The Kier molecular flexibility index (Phi) is 2.68. The standard InChI is InChI=1S/C11H16N4/c1-8-7-13-11-6-10(4-3-5-12)14-15(11)9(8)2/h6-7H,3-5,12H2,1-2H3. The molecule has 0 unspecified atom stereocenters. The van der Waals surface area contributed by atoms with Crippen LogP contribution < -0.4 is 5.73 Å². The van der Waals surface area contributed by atoms with Gasteiger partial charge >= 0.3 is 0 Å². The van der Waals surface area contributed by atoms with Crippen molar-refractivity contribution >= 4 is 5.65 Å². The Balaban J connectivity index is 2.42. The van der Waals surface area contributed by atoms with Crippen molar-refractivity contribution < 1.29 is 0 Å². The zero-order valence-corrected chi connectivity index (χ0v) is 9.20. The van der Waals surface area contributed by atoms with Crippen LogP contribution in [-0.4, -0.2) is 21.1 Å². The third-order valence-electron chi connectivity index (χ3n) is 2.66. The van der Waals surface area contributed by atoms with E-state index < -0.39 is 0 Å². The molecule has 0 saturated heterocycles. The van der Waals surface area contributed by atoms with E-state index in [4.69, 9.17) is 5.73 Å². The van der Waals surface area contributed by atoms with Crippen LogP contribution in [0.1, 0.15) is 23.4 Å². The molecule has 2 aromatic heterocycles. The minimum Gasteiger partial charge on any atom is -0.330 e. The molecule has 0 bridgehead atoms. The first-order valence-electron chi connectivity index (χ1n) is 5.23. The number of hydrogen-bond donors (Lipinski definition) is 1. The van der Waals surface area contributed by atoms with Gasteiger partial charge in [0.15, 0.2) is 5.65 Å². The van der Waals surface area contributed by atoms with Crippen LogP contribution in [0.25, 0.3) is 5.65 Å². The average Bonchev–Trinajstić information content (AvgIpc) is 2.64. The molecule has 0 aromatic carbocycles. The van der Waals surface area contributed by atoms with Gasteiger partial charge in [-0.1, -0.05) is 0 Å². The van der Waals surface area contributed by atoms with E-state index in [9.17, 15) is 0 Å². The van der Waals surface area contributed by atoms with E-state index in [1.807, 2.05) is 23.7 Å². The Morgan fingerprint density at radius 1 is 1.40 bits per heavy atom. The average molecular weight is 204 g/mol. The monoisotopic (exact) mass is 204 g/mol. The van der Waals surface area contributed by atoms with Gasteiger partial charge in [0.2, 0.25) is 0 Å². The van der Waals surface area contributed by atoms with E-state index in [0.717, 1.165) is 35.4 Å². The Bertz CT molecular complexity index is 473. The van der Waals surface area contributed by atoms with Crippen molar-refractivity contribution in [2.45, 2.75) is 26.7 Å². The largest absolute Gasteiger partial charge is 0.330 e. The molecule has 0 aliphatic heterocycles. The summed E-state index contributed by atoms with van der Waals surface area (Å²) in [5.74, 6) is 0. The summed E-state index contributed by atoms with van der Waals surface area (Å²) in [5.41, 5.74) is 9.78. The van der Waals surface area contributed by atoms with Crippen molar-refractivity contribution in [2.24, 2.45) is 5.73 Å². The highest BCUT2D eigenvalue weighted by Crippen LogP contribution is 2.10. The molecule has 2 N–H and O–H groups in total. The highest BCUT2D eigenvalue weighted by atomic mass is 15.3. The predicted octanol–water partition coefficient (Wildman–Crippen LogP) is 1.24. The van der Waals surface area contributed by atoms with Gasteiger partial charge in [0.05, 0.1) is 5.69 Å². The lowest BCUT2D eigenvalue weighted by Crippen LogP contribution is -2.01. The molecule has 80 valence electrons. The smallest absolute Gasteiger partial charge is 0.155 e. The molecule has 4 heteroatoms. The molecule has 0 amide bonds. The fourth-order valence-corrected chi connectivity index (χ4v) is 1.59. The summed E-state index contributed by atoms with van der Waals surface area (Å²) in [5, 5.41) is 4.51. The number of rotatable bonds is 3. The van der Waals surface area contributed by atoms with Gasteiger partial charge in [-0.25, -0.2) is 9.50 Å². The van der Waals surface area contributed by atoms with Crippen molar-refractivity contribution in [1.29, 1.82) is 0 Å². The van der Waals surface area contributed by atoms with Gasteiger partial charge in [0.1, 0.15) is 0 Å². The van der Waals surface area contributed by atoms with Gasteiger partial charge in [-0.3, -0.25) is 0 Å². The number of hydrogen-bond acceptors (Lipinski definition) is 3. The lowest BCUT2D eigenvalue weighted by Gasteiger charge is -2.00.